The lowest BCUT2D eigenvalue weighted by atomic mass is 9.83. The van der Waals surface area contributed by atoms with Crippen molar-refractivity contribution in [3.63, 3.8) is 0 Å². The molecular weight excluding hydrogens is 280 g/mol. The van der Waals surface area contributed by atoms with Crippen molar-refractivity contribution >= 4 is 5.96 Å². The Morgan fingerprint density at radius 1 is 1.41 bits per heavy atom. The number of nitrogens with zero attached hydrogens (tertiary/aromatic N) is 2. The molecule has 1 aliphatic rings. The van der Waals surface area contributed by atoms with Crippen molar-refractivity contribution in [3.8, 4) is 0 Å². The SMILES string of the molecule is CCOCCC1(CNC(=NC)NCc2ccon2)CCCC1. The van der Waals surface area contributed by atoms with Gasteiger partial charge in [-0.3, -0.25) is 4.99 Å². The monoisotopic (exact) mass is 308 g/mol. The van der Waals surface area contributed by atoms with Gasteiger partial charge in [-0.15, -0.1) is 0 Å². The van der Waals surface area contributed by atoms with Gasteiger partial charge in [-0.2, -0.15) is 0 Å². The van der Waals surface area contributed by atoms with Gasteiger partial charge in [0.05, 0.1) is 6.54 Å². The molecule has 0 amide bonds. The van der Waals surface area contributed by atoms with Crippen LogP contribution in [0.3, 0.4) is 0 Å². The maximum absolute atomic E-state index is 5.56. The number of hydrogen-bond donors (Lipinski definition) is 2. The first-order valence-corrected chi connectivity index (χ1v) is 8.19. The Hall–Kier alpha value is -1.56. The molecule has 1 aliphatic carbocycles. The molecule has 0 saturated heterocycles. The van der Waals surface area contributed by atoms with E-state index in [0.29, 0.717) is 12.0 Å². The van der Waals surface area contributed by atoms with Gasteiger partial charge in [0.25, 0.3) is 0 Å². The topological polar surface area (TPSA) is 71.7 Å². The van der Waals surface area contributed by atoms with Crippen molar-refractivity contribution in [2.24, 2.45) is 10.4 Å². The molecule has 124 valence electrons. The van der Waals surface area contributed by atoms with Gasteiger partial charge in [0.15, 0.2) is 5.96 Å². The number of rotatable bonds is 8. The highest BCUT2D eigenvalue weighted by atomic mass is 16.5. The fourth-order valence-electron chi connectivity index (χ4n) is 3.07. The van der Waals surface area contributed by atoms with Crippen molar-refractivity contribution in [1.29, 1.82) is 0 Å². The van der Waals surface area contributed by atoms with Gasteiger partial charge in [-0.25, -0.2) is 0 Å². The van der Waals surface area contributed by atoms with Crippen LogP contribution in [0.4, 0.5) is 0 Å². The van der Waals surface area contributed by atoms with E-state index in [2.05, 4.69) is 27.7 Å². The third-order valence-electron chi connectivity index (χ3n) is 4.43. The number of aromatic nitrogens is 1. The quantitative estimate of drug-likeness (QED) is 0.438. The van der Waals surface area contributed by atoms with Crippen LogP contribution >= 0.6 is 0 Å². The van der Waals surface area contributed by atoms with E-state index in [4.69, 9.17) is 9.26 Å². The Labute approximate surface area is 132 Å². The second-order valence-corrected chi connectivity index (χ2v) is 5.92. The molecule has 2 N–H and O–H groups in total. The lowest BCUT2D eigenvalue weighted by molar-refractivity contribution is 0.105. The molecule has 22 heavy (non-hydrogen) atoms. The van der Waals surface area contributed by atoms with Crippen LogP contribution in [0.25, 0.3) is 0 Å². The highest BCUT2D eigenvalue weighted by Gasteiger charge is 2.33. The number of ether oxygens (including phenoxy) is 1. The molecule has 6 heteroatoms. The molecule has 1 aromatic rings. The van der Waals surface area contributed by atoms with Crippen molar-refractivity contribution < 1.29 is 9.26 Å². The summed E-state index contributed by atoms with van der Waals surface area (Å²) in [5.41, 5.74) is 1.22. The van der Waals surface area contributed by atoms with E-state index in [1.54, 1.807) is 13.3 Å². The molecule has 0 radical (unpaired) electrons. The van der Waals surface area contributed by atoms with Crippen LogP contribution in [0.5, 0.6) is 0 Å². The summed E-state index contributed by atoms with van der Waals surface area (Å²) in [5.74, 6) is 0.811. The van der Waals surface area contributed by atoms with E-state index < -0.39 is 0 Å². The number of guanidine groups is 1. The summed E-state index contributed by atoms with van der Waals surface area (Å²) in [6.07, 6.45) is 7.88. The minimum atomic E-state index is 0.348. The second kappa shape index (κ2) is 8.78. The fraction of sp³-hybridized carbons (Fsp3) is 0.750. The van der Waals surface area contributed by atoms with Crippen molar-refractivity contribution in [1.82, 2.24) is 15.8 Å². The minimum absolute atomic E-state index is 0.348. The predicted octanol–water partition coefficient (Wildman–Crippen LogP) is 2.33. The molecular formula is C16H28N4O2. The Morgan fingerprint density at radius 2 is 2.23 bits per heavy atom. The molecule has 1 aromatic heterocycles. The molecule has 0 spiro atoms. The van der Waals surface area contributed by atoms with E-state index in [9.17, 15) is 0 Å². The molecule has 1 heterocycles. The van der Waals surface area contributed by atoms with Crippen LogP contribution in [-0.2, 0) is 11.3 Å². The van der Waals surface area contributed by atoms with E-state index >= 15 is 0 Å². The minimum Gasteiger partial charge on any atom is -0.382 e. The lowest BCUT2D eigenvalue weighted by Crippen LogP contribution is -2.43. The largest absolute Gasteiger partial charge is 0.382 e. The van der Waals surface area contributed by atoms with Gasteiger partial charge < -0.3 is 19.9 Å². The van der Waals surface area contributed by atoms with Crippen molar-refractivity contribution in [2.45, 2.75) is 45.6 Å². The summed E-state index contributed by atoms with van der Waals surface area (Å²) in [4.78, 5) is 4.28. The van der Waals surface area contributed by atoms with Gasteiger partial charge >= 0.3 is 0 Å². The molecule has 2 rings (SSSR count). The third kappa shape index (κ3) is 5.02. The predicted molar refractivity (Wildman–Crippen MR) is 86.7 cm³/mol. The number of nitrogens with one attached hydrogen (secondary N) is 2. The molecule has 0 atom stereocenters. The molecule has 6 nitrogen and oxygen atoms in total. The zero-order chi connectivity index (χ0) is 15.7. The third-order valence-corrected chi connectivity index (χ3v) is 4.43. The van der Waals surface area contributed by atoms with E-state index in [1.807, 2.05) is 6.07 Å². The first-order valence-electron chi connectivity index (χ1n) is 8.19. The zero-order valence-electron chi connectivity index (χ0n) is 13.7. The van der Waals surface area contributed by atoms with Crippen molar-refractivity contribution in [2.75, 3.05) is 26.8 Å². The summed E-state index contributed by atoms with van der Waals surface area (Å²) in [7, 11) is 1.79. The standard InChI is InChI=1S/C16H28N4O2/c1-3-21-11-9-16(7-4-5-8-16)13-19-15(17-2)18-12-14-6-10-22-20-14/h6,10H,3-5,7-9,11-13H2,1-2H3,(H2,17,18,19). The highest BCUT2D eigenvalue weighted by Crippen LogP contribution is 2.40. The van der Waals surface area contributed by atoms with Crippen LogP contribution in [0, 0.1) is 5.41 Å². The van der Waals surface area contributed by atoms with Gasteiger partial charge in [0, 0.05) is 32.9 Å². The molecule has 1 fully saturated rings. The van der Waals surface area contributed by atoms with Crippen LogP contribution in [0.1, 0.15) is 44.7 Å². The molecule has 0 bridgehead atoms. The lowest BCUT2D eigenvalue weighted by Gasteiger charge is -2.30. The van der Waals surface area contributed by atoms with Crippen LogP contribution in [0.2, 0.25) is 0 Å². The zero-order valence-corrected chi connectivity index (χ0v) is 13.7. The van der Waals surface area contributed by atoms with Gasteiger partial charge in [0.2, 0.25) is 0 Å². The number of aliphatic imine (C=N–C) groups is 1. The first kappa shape index (κ1) is 16.8. The normalized spacial score (nSPS) is 17.6. The fourth-order valence-corrected chi connectivity index (χ4v) is 3.07. The molecule has 1 saturated carbocycles. The van der Waals surface area contributed by atoms with Crippen LogP contribution in [0.15, 0.2) is 21.8 Å². The average molecular weight is 308 g/mol. The highest BCUT2D eigenvalue weighted by molar-refractivity contribution is 5.79. The van der Waals surface area contributed by atoms with E-state index in [1.165, 1.54) is 25.7 Å². The van der Waals surface area contributed by atoms with E-state index in [0.717, 1.165) is 37.8 Å². The summed E-state index contributed by atoms with van der Waals surface area (Å²) < 4.78 is 10.4. The first-order chi connectivity index (χ1) is 10.8. The van der Waals surface area contributed by atoms with Gasteiger partial charge in [-0.1, -0.05) is 18.0 Å². The molecule has 0 aliphatic heterocycles. The van der Waals surface area contributed by atoms with Crippen LogP contribution in [-0.4, -0.2) is 37.9 Å². The smallest absolute Gasteiger partial charge is 0.191 e. The maximum Gasteiger partial charge on any atom is 0.191 e. The summed E-state index contributed by atoms with van der Waals surface area (Å²) in [6, 6.07) is 1.85. The number of hydrogen-bond acceptors (Lipinski definition) is 4. The van der Waals surface area contributed by atoms with Crippen molar-refractivity contribution in [3.05, 3.63) is 18.0 Å². The Balaban J connectivity index is 1.79. The maximum atomic E-state index is 5.56. The summed E-state index contributed by atoms with van der Waals surface area (Å²) in [5, 5.41) is 10.6. The average Bonchev–Trinajstić information content (AvgIpc) is 3.20. The Bertz CT molecular complexity index is 439. The second-order valence-electron chi connectivity index (χ2n) is 5.92. The molecule has 0 aromatic carbocycles. The Morgan fingerprint density at radius 3 is 2.86 bits per heavy atom. The van der Waals surface area contributed by atoms with Gasteiger partial charge in [-0.05, 0) is 31.6 Å². The summed E-state index contributed by atoms with van der Waals surface area (Å²) in [6.45, 7) is 5.25. The summed E-state index contributed by atoms with van der Waals surface area (Å²) >= 11 is 0. The van der Waals surface area contributed by atoms with Gasteiger partial charge in [0.1, 0.15) is 12.0 Å². The van der Waals surface area contributed by atoms with Crippen LogP contribution < -0.4 is 10.6 Å². The van der Waals surface area contributed by atoms with E-state index in [-0.39, 0.29) is 0 Å². The molecule has 0 unspecified atom stereocenters. The Kier molecular flexibility index (Phi) is 6.71.